The molecule has 1 N–H and O–H groups in total. The summed E-state index contributed by atoms with van der Waals surface area (Å²) in [5.74, 6) is -1.36. The van der Waals surface area contributed by atoms with Crippen LogP contribution in [0.3, 0.4) is 0 Å². The van der Waals surface area contributed by atoms with Crippen LogP contribution in [0.5, 0.6) is 0 Å². The van der Waals surface area contributed by atoms with E-state index in [4.69, 9.17) is 4.74 Å². The third-order valence-electron chi connectivity index (χ3n) is 4.65. The van der Waals surface area contributed by atoms with Crippen molar-refractivity contribution in [1.82, 2.24) is 0 Å². The van der Waals surface area contributed by atoms with Crippen molar-refractivity contribution in [3.8, 4) is 0 Å². The number of anilines is 1. The van der Waals surface area contributed by atoms with Crippen molar-refractivity contribution >= 4 is 29.0 Å². The van der Waals surface area contributed by atoms with Gasteiger partial charge in [-0.05, 0) is 36.4 Å². The summed E-state index contributed by atoms with van der Waals surface area (Å²) < 4.78 is 5.54. The molecule has 0 heterocycles. The van der Waals surface area contributed by atoms with E-state index in [1.807, 2.05) is 0 Å². The van der Waals surface area contributed by atoms with Crippen LogP contribution in [-0.4, -0.2) is 22.6 Å². The lowest BCUT2D eigenvalue weighted by atomic mass is 9.99. The molecule has 0 saturated carbocycles. The van der Waals surface area contributed by atoms with Crippen LogP contribution in [0.25, 0.3) is 0 Å². The summed E-state index contributed by atoms with van der Waals surface area (Å²) in [7, 11) is 0. The maximum atomic E-state index is 13.1. The number of hydrogen-bond donors (Lipinski definition) is 1. The highest BCUT2D eigenvalue weighted by Gasteiger charge is 2.27. The molecule has 3 rings (SSSR count). The summed E-state index contributed by atoms with van der Waals surface area (Å²) in [4.78, 5) is 47.7. The monoisotopic (exact) mass is 432 g/mol. The van der Waals surface area contributed by atoms with E-state index in [1.54, 1.807) is 49.4 Å². The zero-order chi connectivity index (χ0) is 23.1. The molecule has 1 atom stereocenters. The van der Waals surface area contributed by atoms with Gasteiger partial charge in [0, 0.05) is 35.4 Å². The van der Waals surface area contributed by atoms with Crippen LogP contribution in [0.4, 0.5) is 11.4 Å². The first-order valence-corrected chi connectivity index (χ1v) is 9.83. The van der Waals surface area contributed by atoms with Gasteiger partial charge in [-0.1, -0.05) is 37.3 Å². The molecule has 0 fully saturated rings. The third kappa shape index (κ3) is 5.42. The molecule has 0 saturated heterocycles. The number of rotatable bonds is 8. The van der Waals surface area contributed by atoms with E-state index in [9.17, 15) is 24.5 Å². The van der Waals surface area contributed by atoms with Crippen LogP contribution in [-0.2, 0) is 9.53 Å². The Kier molecular flexibility index (Phi) is 7.07. The number of esters is 1. The van der Waals surface area contributed by atoms with Gasteiger partial charge in [-0.3, -0.25) is 19.7 Å². The molecule has 32 heavy (non-hydrogen) atoms. The first-order chi connectivity index (χ1) is 15.4. The van der Waals surface area contributed by atoms with Crippen LogP contribution in [0, 0.1) is 10.1 Å². The molecular weight excluding hydrogens is 412 g/mol. The summed E-state index contributed by atoms with van der Waals surface area (Å²) >= 11 is 0. The second-order valence-electron chi connectivity index (χ2n) is 6.84. The number of carbonyl (C=O) groups is 3. The Morgan fingerprint density at radius 1 is 0.906 bits per heavy atom. The number of hydrogen-bond acceptors (Lipinski definition) is 6. The predicted molar refractivity (Wildman–Crippen MR) is 117 cm³/mol. The smallest absolute Gasteiger partial charge is 0.339 e. The van der Waals surface area contributed by atoms with Gasteiger partial charge in [0.2, 0.25) is 11.7 Å². The lowest BCUT2D eigenvalue weighted by molar-refractivity contribution is -0.384. The summed E-state index contributed by atoms with van der Waals surface area (Å²) in [6.07, 6.45) is -0.965. The SMILES string of the molecule is CCC(=O)Nc1ccc(C(=O)O[C@@H](C(=O)c2ccccc2)c2ccc([N+](=O)[O-])cc2)cc1. The van der Waals surface area contributed by atoms with Gasteiger partial charge >= 0.3 is 5.97 Å². The van der Waals surface area contributed by atoms with Gasteiger partial charge in [0.05, 0.1) is 10.5 Å². The molecule has 0 radical (unpaired) electrons. The fourth-order valence-electron chi connectivity index (χ4n) is 2.91. The molecule has 0 bridgehead atoms. The maximum absolute atomic E-state index is 13.1. The Hall–Kier alpha value is -4.33. The highest BCUT2D eigenvalue weighted by molar-refractivity contribution is 6.02. The Morgan fingerprint density at radius 3 is 2.09 bits per heavy atom. The van der Waals surface area contributed by atoms with Crippen molar-refractivity contribution in [2.24, 2.45) is 0 Å². The second-order valence-corrected chi connectivity index (χ2v) is 6.84. The predicted octanol–water partition coefficient (Wildman–Crippen LogP) is 4.72. The van der Waals surface area contributed by atoms with Gasteiger partial charge in [0.1, 0.15) is 0 Å². The van der Waals surface area contributed by atoms with Crippen molar-refractivity contribution in [3.05, 3.63) is 106 Å². The van der Waals surface area contributed by atoms with E-state index in [2.05, 4.69) is 5.32 Å². The Balaban J connectivity index is 1.86. The van der Waals surface area contributed by atoms with Crippen molar-refractivity contribution in [3.63, 3.8) is 0 Å². The fraction of sp³-hybridized carbons (Fsp3) is 0.125. The Morgan fingerprint density at radius 2 is 1.53 bits per heavy atom. The first-order valence-electron chi connectivity index (χ1n) is 9.83. The van der Waals surface area contributed by atoms with Crippen LogP contribution in [0.1, 0.15) is 45.7 Å². The minimum atomic E-state index is -1.29. The lowest BCUT2D eigenvalue weighted by Crippen LogP contribution is -2.20. The van der Waals surface area contributed by atoms with Crippen molar-refractivity contribution in [2.45, 2.75) is 19.4 Å². The van der Waals surface area contributed by atoms with E-state index in [1.165, 1.54) is 36.4 Å². The number of Topliss-reactive ketones (excluding diaryl/α,β-unsaturated/α-hetero) is 1. The number of benzene rings is 3. The molecule has 1 amide bonds. The largest absolute Gasteiger partial charge is 0.445 e. The maximum Gasteiger partial charge on any atom is 0.339 e. The lowest BCUT2D eigenvalue weighted by Gasteiger charge is -2.17. The molecule has 0 spiro atoms. The van der Waals surface area contributed by atoms with Crippen LogP contribution in [0.2, 0.25) is 0 Å². The number of nitro benzene ring substituents is 1. The number of nitrogens with zero attached hydrogens (tertiary/aromatic N) is 1. The molecule has 0 unspecified atom stereocenters. The van der Waals surface area contributed by atoms with E-state index in [-0.39, 0.29) is 17.2 Å². The fourth-order valence-corrected chi connectivity index (χ4v) is 2.91. The van der Waals surface area contributed by atoms with Gasteiger partial charge in [0.25, 0.3) is 5.69 Å². The molecule has 162 valence electrons. The molecule has 0 aliphatic heterocycles. The average molecular weight is 432 g/mol. The average Bonchev–Trinajstić information content (AvgIpc) is 2.83. The zero-order valence-electron chi connectivity index (χ0n) is 17.2. The minimum Gasteiger partial charge on any atom is -0.445 e. The molecule has 0 aromatic heterocycles. The number of non-ortho nitro benzene ring substituents is 1. The summed E-state index contributed by atoms with van der Waals surface area (Å²) in [6.45, 7) is 1.73. The van der Waals surface area contributed by atoms with E-state index >= 15 is 0 Å². The topological polar surface area (TPSA) is 116 Å². The van der Waals surface area contributed by atoms with Crippen molar-refractivity contribution in [2.75, 3.05) is 5.32 Å². The third-order valence-corrected chi connectivity index (χ3v) is 4.65. The van der Waals surface area contributed by atoms with Gasteiger partial charge in [0.15, 0.2) is 6.10 Å². The summed E-state index contributed by atoms with van der Waals surface area (Å²) in [6, 6.07) is 19.7. The highest BCUT2D eigenvalue weighted by Crippen LogP contribution is 2.26. The quantitative estimate of drug-likeness (QED) is 0.238. The van der Waals surface area contributed by atoms with Gasteiger partial charge in [-0.25, -0.2) is 4.79 Å². The van der Waals surface area contributed by atoms with E-state index in [0.717, 1.165) is 0 Å². The number of carbonyl (C=O) groups excluding carboxylic acids is 3. The molecule has 0 aliphatic carbocycles. The van der Waals surface area contributed by atoms with Crippen LogP contribution in [0.15, 0.2) is 78.9 Å². The Labute approximate surface area is 184 Å². The molecule has 8 heteroatoms. The molecule has 3 aromatic carbocycles. The zero-order valence-corrected chi connectivity index (χ0v) is 17.2. The number of nitro groups is 1. The Bertz CT molecular complexity index is 1130. The van der Waals surface area contributed by atoms with Crippen LogP contribution < -0.4 is 5.32 Å². The summed E-state index contributed by atoms with van der Waals surface area (Å²) in [5.41, 5.74) is 1.22. The second kappa shape index (κ2) is 10.1. The molecule has 0 aliphatic rings. The minimum absolute atomic E-state index is 0.143. The standard InChI is InChI=1S/C24H20N2O6/c1-2-21(27)25-19-12-8-18(9-13-19)24(29)32-23(22(28)16-6-4-3-5-7-16)17-10-14-20(15-11-17)26(30)31/h3-15,23H,2H2,1H3,(H,25,27)/t23-/m1/s1. The van der Waals surface area contributed by atoms with Gasteiger partial charge in [-0.2, -0.15) is 0 Å². The normalized spacial score (nSPS) is 11.3. The van der Waals surface area contributed by atoms with Crippen LogP contribution >= 0.6 is 0 Å². The number of nitrogens with one attached hydrogen (secondary N) is 1. The number of ether oxygens (including phenoxy) is 1. The van der Waals surface area contributed by atoms with Gasteiger partial charge in [-0.15, -0.1) is 0 Å². The van der Waals surface area contributed by atoms with E-state index < -0.39 is 22.8 Å². The van der Waals surface area contributed by atoms with E-state index in [0.29, 0.717) is 23.2 Å². The highest BCUT2D eigenvalue weighted by atomic mass is 16.6. The first kappa shape index (κ1) is 22.4. The van der Waals surface area contributed by atoms with Gasteiger partial charge < -0.3 is 10.1 Å². The van der Waals surface area contributed by atoms with Crippen molar-refractivity contribution in [1.29, 1.82) is 0 Å². The molecule has 8 nitrogen and oxygen atoms in total. The summed E-state index contributed by atoms with van der Waals surface area (Å²) in [5, 5.41) is 13.6. The number of ketones is 1. The number of amides is 1. The van der Waals surface area contributed by atoms with Crippen molar-refractivity contribution < 1.29 is 24.0 Å². The molecule has 3 aromatic rings. The molecular formula is C24H20N2O6.